The Balaban J connectivity index is 1.51. The normalized spacial score (nSPS) is 14.1. The molecule has 0 aliphatic carbocycles. The lowest BCUT2D eigenvalue weighted by atomic mass is 9.93. The van der Waals surface area contributed by atoms with E-state index in [1.807, 2.05) is 23.3 Å². The summed E-state index contributed by atoms with van der Waals surface area (Å²) in [6, 6.07) is 31.5. The van der Waals surface area contributed by atoms with Crippen LogP contribution in [0.25, 0.3) is 22.3 Å². The first-order valence-corrected chi connectivity index (χ1v) is 9.73. The maximum atomic E-state index is 5.02. The number of pyridine rings is 1. The molecule has 0 amide bonds. The van der Waals surface area contributed by atoms with E-state index < -0.39 is 0 Å². The molecule has 138 valence electrons. The van der Waals surface area contributed by atoms with Gasteiger partial charge >= 0.3 is 0 Å². The average molecular weight is 374 g/mol. The number of fused-ring (bicyclic) bond motifs is 6. The van der Waals surface area contributed by atoms with Crippen LogP contribution in [0.4, 0.5) is 11.5 Å². The monoisotopic (exact) mass is 374 g/mol. The molecule has 4 nitrogen and oxygen atoms in total. The Labute approximate surface area is 169 Å². The molecule has 0 fully saturated rings. The minimum absolute atomic E-state index is 0.636. The molecule has 0 atom stereocenters. The van der Waals surface area contributed by atoms with Crippen LogP contribution in [0.15, 0.2) is 102 Å². The maximum Gasteiger partial charge on any atom is 0.163 e. The summed E-state index contributed by atoms with van der Waals surface area (Å²) in [7, 11) is 0. The SMILES string of the molecule is c1ccc(-c2cccnc2N2CN3C(=N2)c2ccccc2-c2ccccc23)cc1. The second-order valence-corrected chi connectivity index (χ2v) is 7.20. The number of para-hydroxylation sites is 1. The first kappa shape index (κ1) is 16.1. The van der Waals surface area contributed by atoms with Crippen molar-refractivity contribution in [2.75, 3.05) is 16.6 Å². The van der Waals surface area contributed by atoms with E-state index in [1.165, 1.54) is 16.8 Å². The van der Waals surface area contributed by atoms with E-state index in [-0.39, 0.29) is 0 Å². The van der Waals surface area contributed by atoms with Gasteiger partial charge in [-0.25, -0.2) is 9.99 Å². The van der Waals surface area contributed by atoms with Gasteiger partial charge in [0.15, 0.2) is 11.7 Å². The number of benzene rings is 3. The largest absolute Gasteiger partial charge is 0.304 e. The van der Waals surface area contributed by atoms with E-state index in [0.29, 0.717) is 6.67 Å². The molecule has 1 aromatic heterocycles. The summed E-state index contributed by atoms with van der Waals surface area (Å²) in [6.45, 7) is 0.636. The first-order chi connectivity index (χ1) is 14.4. The van der Waals surface area contributed by atoms with Crippen LogP contribution in [-0.4, -0.2) is 17.5 Å². The van der Waals surface area contributed by atoms with Crippen molar-refractivity contribution in [3.05, 3.63) is 103 Å². The molecule has 6 rings (SSSR count). The summed E-state index contributed by atoms with van der Waals surface area (Å²) in [6.07, 6.45) is 1.83. The lowest BCUT2D eigenvalue weighted by Gasteiger charge is -2.29. The van der Waals surface area contributed by atoms with E-state index in [1.54, 1.807) is 0 Å². The Morgan fingerprint density at radius 3 is 2.17 bits per heavy atom. The summed E-state index contributed by atoms with van der Waals surface area (Å²) in [5, 5.41) is 7.03. The minimum Gasteiger partial charge on any atom is -0.304 e. The second kappa shape index (κ2) is 6.31. The highest BCUT2D eigenvalue weighted by molar-refractivity contribution is 6.20. The number of anilines is 2. The number of nitrogens with zero attached hydrogens (tertiary/aromatic N) is 4. The van der Waals surface area contributed by atoms with Crippen LogP contribution in [0.1, 0.15) is 5.56 Å². The fraction of sp³-hybridized carbons (Fsp3) is 0.0400. The lowest BCUT2D eigenvalue weighted by molar-refractivity contribution is 0.890. The summed E-state index contributed by atoms with van der Waals surface area (Å²) in [4.78, 5) is 6.98. The zero-order valence-electron chi connectivity index (χ0n) is 15.7. The molecule has 0 saturated heterocycles. The second-order valence-electron chi connectivity index (χ2n) is 7.20. The van der Waals surface area contributed by atoms with Crippen LogP contribution in [0, 0.1) is 0 Å². The summed E-state index contributed by atoms with van der Waals surface area (Å²) in [5.41, 5.74) is 7.04. The van der Waals surface area contributed by atoms with Gasteiger partial charge in [-0.15, -0.1) is 0 Å². The van der Waals surface area contributed by atoms with Crippen LogP contribution in [0.3, 0.4) is 0 Å². The molecule has 0 spiro atoms. The van der Waals surface area contributed by atoms with Crippen LogP contribution in [-0.2, 0) is 0 Å². The molecule has 0 unspecified atom stereocenters. The van der Waals surface area contributed by atoms with Gasteiger partial charge < -0.3 is 4.90 Å². The van der Waals surface area contributed by atoms with Crippen LogP contribution < -0.4 is 9.91 Å². The number of hydrazone groups is 1. The van der Waals surface area contributed by atoms with Gasteiger partial charge in [-0.1, -0.05) is 72.8 Å². The quantitative estimate of drug-likeness (QED) is 0.472. The molecule has 3 aromatic carbocycles. The van der Waals surface area contributed by atoms with Gasteiger partial charge in [0.05, 0.1) is 5.69 Å². The molecule has 2 aliphatic rings. The summed E-state index contributed by atoms with van der Waals surface area (Å²) >= 11 is 0. The average Bonchev–Trinajstić information content (AvgIpc) is 3.26. The molecule has 4 heteroatoms. The Morgan fingerprint density at radius 1 is 0.621 bits per heavy atom. The minimum atomic E-state index is 0.636. The topological polar surface area (TPSA) is 31.7 Å². The standard InChI is InChI=1S/C25H18N4/c1-2-9-18(10-3-1)19-14-8-16-26-24(19)29-17-28-23-15-7-6-12-21(23)20-11-4-5-13-22(20)25(28)27-29/h1-16H,17H2. The Kier molecular flexibility index (Phi) is 3.50. The van der Waals surface area contributed by atoms with Crippen LogP contribution in [0.2, 0.25) is 0 Å². The highest BCUT2D eigenvalue weighted by Gasteiger charge is 2.34. The molecule has 4 aromatic rings. The van der Waals surface area contributed by atoms with Crippen molar-refractivity contribution in [1.29, 1.82) is 0 Å². The van der Waals surface area contributed by atoms with Gasteiger partial charge in [-0.3, -0.25) is 0 Å². The molecule has 0 saturated carbocycles. The molecule has 0 N–H and O–H groups in total. The van der Waals surface area contributed by atoms with E-state index >= 15 is 0 Å². The van der Waals surface area contributed by atoms with E-state index in [2.05, 4.69) is 83.8 Å². The van der Waals surface area contributed by atoms with Crippen LogP contribution in [0.5, 0.6) is 0 Å². The van der Waals surface area contributed by atoms with Gasteiger partial charge in [0.1, 0.15) is 6.67 Å². The van der Waals surface area contributed by atoms with E-state index in [9.17, 15) is 0 Å². The third-order valence-electron chi connectivity index (χ3n) is 5.52. The lowest BCUT2D eigenvalue weighted by Crippen LogP contribution is -2.34. The number of hydrogen-bond donors (Lipinski definition) is 0. The van der Waals surface area contributed by atoms with Crippen molar-refractivity contribution >= 4 is 17.3 Å². The molecule has 3 heterocycles. The molecular formula is C25H18N4. The van der Waals surface area contributed by atoms with Crippen molar-refractivity contribution < 1.29 is 0 Å². The van der Waals surface area contributed by atoms with Crippen molar-refractivity contribution in [3.63, 3.8) is 0 Å². The molecule has 2 aliphatic heterocycles. The van der Waals surface area contributed by atoms with E-state index in [4.69, 9.17) is 10.1 Å². The zero-order chi connectivity index (χ0) is 19.2. The third-order valence-corrected chi connectivity index (χ3v) is 5.52. The Morgan fingerprint density at radius 2 is 1.31 bits per heavy atom. The first-order valence-electron chi connectivity index (χ1n) is 9.73. The van der Waals surface area contributed by atoms with Gasteiger partial charge in [-0.2, -0.15) is 5.10 Å². The fourth-order valence-corrected chi connectivity index (χ4v) is 4.20. The predicted octanol–water partition coefficient (Wildman–Crippen LogP) is 5.37. The number of hydrogen-bond acceptors (Lipinski definition) is 4. The smallest absolute Gasteiger partial charge is 0.163 e. The molecular weight excluding hydrogens is 356 g/mol. The molecule has 0 radical (unpaired) electrons. The molecule has 29 heavy (non-hydrogen) atoms. The number of aromatic nitrogens is 1. The zero-order valence-corrected chi connectivity index (χ0v) is 15.7. The van der Waals surface area contributed by atoms with Gasteiger partial charge in [-0.05, 0) is 29.3 Å². The molecule has 0 bridgehead atoms. The highest BCUT2D eigenvalue weighted by atomic mass is 15.6. The van der Waals surface area contributed by atoms with E-state index in [0.717, 1.165) is 28.3 Å². The van der Waals surface area contributed by atoms with Crippen molar-refractivity contribution in [2.45, 2.75) is 0 Å². The summed E-state index contributed by atoms with van der Waals surface area (Å²) < 4.78 is 0. The number of amidine groups is 1. The van der Waals surface area contributed by atoms with Crippen molar-refractivity contribution in [1.82, 2.24) is 4.98 Å². The van der Waals surface area contributed by atoms with Crippen molar-refractivity contribution in [2.24, 2.45) is 5.10 Å². The van der Waals surface area contributed by atoms with Crippen LogP contribution >= 0.6 is 0 Å². The summed E-state index contributed by atoms with van der Waals surface area (Å²) in [5.74, 6) is 1.85. The Hall–Kier alpha value is -3.92. The Bertz CT molecular complexity index is 1250. The van der Waals surface area contributed by atoms with Gasteiger partial charge in [0.25, 0.3) is 0 Å². The predicted molar refractivity (Wildman–Crippen MR) is 118 cm³/mol. The maximum absolute atomic E-state index is 5.02. The van der Waals surface area contributed by atoms with Gasteiger partial charge in [0, 0.05) is 22.9 Å². The fourth-order valence-electron chi connectivity index (χ4n) is 4.20. The number of rotatable bonds is 2. The van der Waals surface area contributed by atoms with Gasteiger partial charge in [0.2, 0.25) is 0 Å². The third kappa shape index (κ3) is 2.46. The van der Waals surface area contributed by atoms with Crippen molar-refractivity contribution in [3.8, 4) is 22.3 Å². The highest BCUT2D eigenvalue weighted by Crippen LogP contribution is 2.42.